The number of hydrogen-bond acceptors (Lipinski definition) is 4. The highest BCUT2D eigenvalue weighted by Crippen LogP contribution is 2.17. The van der Waals surface area contributed by atoms with E-state index in [1.165, 1.54) is 6.42 Å². The van der Waals surface area contributed by atoms with Gasteiger partial charge in [0, 0.05) is 18.9 Å². The SMILES string of the molecule is O=C(Nc1cccc(COC[C@H]2CCCCO2)c1)[C@@H]1CCCO1. The molecule has 0 aromatic heterocycles. The lowest BCUT2D eigenvalue weighted by Crippen LogP contribution is -2.26. The van der Waals surface area contributed by atoms with Crippen LogP contribution < -0.4 is 5.32 Å². The average molecular weight is 319 g/mol. The molecule has 0 saturated carbocycles. The van der Waals surface area contributed by atoms with E-state index in [0.717, 1.165) is 43.5 Å². The summed E-state index contributed by atoms with van der Waals surface area (Å²) in [6.45, 7) is 2.68. The molecule has 0 aliphatic carbocycles. The minimum absolute atomic E-state index is 0.0591. The molecular weight excluding hydrogens is 294 g/mol. The van der Waals surface area contributed by atoms with Crippen molar-refractivity contribution in [2.75, 3.05) is 25.1 Å². The van der Waals surface area contributed by atoms with E-state index in [1.54, 1.807) is 0 Å². The van der Waals surface area contributed by atoms with E-state index in [2.05, 4.69) is 5.32 Å². The standard InChI is InChI=1S/C18H25NO4/c20-18(17-8-4-10-23-17)19-15-6-3-5-14(11-15)12-21-13-16-7-1-2-9-22-16/h3,5-6,11,16-17H,1-2,4,7-10,12-13H2,(H,19,20)/t16-,17+/m1/s1. The Morgan fingerprint density at radius 3 is 2.87 bits per heavy atom. The Labute approximate surface area is 137 Å². The van der Waals surface area contributed by atoms with E-state index in [4.69, 9.17) is 14.2 Å². The minimum Gasteiger partial charge on any atom is -0.376 e. The van der Waals surface area contributed by atoms with Crippen LogP contribution in [0.3, 0.4) is 0 Å². The van der Waals surface area contributed by atoms with Crippen LogP contribution in [0.4, 0.5) is 5.69 Å². The summed E-state index contributed by atoms with van der Waals surface area (Å²) < 4.78 is 16.8. The molecule has 1 aromatic rings. The van der Waals surface area contributed by atoms with Gasteiger partial charge in [0.15, 0.2) is 0 Å². The number of anilines is 1. The Bertz CT molecular complexity index is 507. The van der Waals surface area contributed by atoms with Gasteiger partial charge < -0.3 is 19.5 Å². The first-order valence-electron chi connectivity index (χ1n) is 8.52. The van der Waals surface area contributed by atoms with Crippen LogP contribution in [0.25, 0.3) is 0 Å². The number of amides is 1. The van der Waals surface area contributed by atoms with E-state index in [0.29, 0.717) is 19.8 Å². The van der Waals surface area contributed by atoms with Crippen molar-refractivity contribution in [2.45, 2.75) is 50.9 Å². The minimum atomic E-state index is -0.307. The first-order chi connectivity index (χ1) is 11.3. The fraction of sp³-hybridized carbons (Fsp3) is 0.611. The number of benzene rings is 1. The molecule has 2 aliphatic heterocycles. The monoisotopic (exact) mass is 319 g/mol. The molecule has 1 aromatic carbocycles. The summed E-state index contributed by atoms with van der Waals surface area (Å²) in [6.07, 6.45) is 5.13. The Morgan fingerprint density at radius 2 is 2.09 bits per heavy atom. The lowest BCUT2D eigenvalue weighted by atomic mass is 10.1. The number of hydrogen-bond donors (Lipinski definition) is 1. The number of nitrogens with one attached hydrogen (secondary N) is 1. The van der Waals surface area contributed by atoms with Gasteiger partial charge in [-0.1, -0.05) is 12.1 Å². The third-order valence-electron chi connectivity index (χ3n) is 4.26. The van der Waals surface area contributed by atoms with Crippen molar-refractivity contribution in [1.29, 1.82) is 0 Å². The van der Waals surface area contributed by atoms with Gasteiger partial charge in [-0.15, -0.1) is 0 Å². The van der Waals surface area contributed by atoms with Crippen LogP contribution in [-0.4, -0.2) is 37.9 Å². The van der Waals surface area contributed by atoms with Crippen molar-refractivity contribution in [2.24, 2.45) is 0 Å². The second-order valence-corrected chi connectivity index (χ2v) is 6.19. The van der Waals surface area contributed by atoms with Gasteiger partial charge in [-0.3, -0.25) is 4.79 Å². The van der Waals surface area contributed by atoms with Gasteiger partial charge in [0.1, 0.15) is 6.10 Å². The van der Waals surface area contributed by atoms with Gasteiger partial charge in [0.05, 0.1) is 19.3 Å². The van der Waals surface area contributed by atoms with Crippen molar-refractivity contribution in [3.8, 4) is 0 Å². The van der Waals surface area contributed by atoms with E-state index < -0.39 is 0 Å². The third-order valence-corrected chi connectivity index (χ3v) is 4.26. The maximum atomic E-state index is 12.1. The fourth-order valence-electron chi connectivity index (χ4n) is 2.99. The number of ether oxygens (including phenoxy) is 3. The van der Waals surface area contributed by atoms with Gasteiger partial charge in [-0.05, 0) is 49.8 Å². The molecule has 2 fully saturated rings. The van der Waals surface area contributed by atoms with Crippen LogP contribution in [0.5, 0.6) is 0 Å². The summed E-state index contributed by atoms with van der Waals surface area (Å²) in [7, 11) is 0. The van der Waals surface area contributed by atoms with Crippen molar-refractivity contribution >= 4 is 11.6 Å². The molecule has 2 saturated heterocycles. The van der Waals surface area contributed by atoms with Gasteiger partial charge in [0.25, 0.3) is 5.91 Å². The molecule has 0 unspecified atom stereocenters. The maximum Gasteiger partial charge on any atom is 0.253 e. The zero-order valence-electron chi connectivity index (χ0n) is 13.5. The maximum absolute atomic E-state index is 12.1. The zero-order valence-corrected chi connectivity index (χ0v) is 13.5. The first-order valence-corrected chi connectivity index (χ1v) is 8.52. The third kappa shape index (κ3) is 5.03. The van der Waals surface area contributed by atoms with Gasteiger partial charge in [0.2, 0.25) is 0 Å². The van der Waals surface area contributed by atoms with E-state index in [1.807, 2.05) is 24.3 Å². The Kier molecular flexibility index (Phi) is 6.02. The Balaban J connectivity index is 1.45. The lowest BCUT2D eigenvalue weighted by Gasteiger charge is -2.22. The normalized spacial score (nSPS) is 24.5. The van der Waals surface area contributed by atoms with Crippen LogP contribution in [-0.2, 0) is 25.6 Å². The molecule has 1 N–H and O–H groups in total. The Hall–Kier alpha value is -1.43. The summed E-state index contributed by atoms with van der Waals surface area (Å²) in [5.74, 6) is -0.0591. The first kappa shape index (κ1) is 16.4. The smallest absolute Gasteiger partial charge is 0.253 e. The van der Waals surface area contributed by atoms with Crippen LogP contribution >= 0.6 is 0 Å². The van der Waals surface area contributed by atoms with E-state index in [-0.39, 0.29) is 18.1 Å². The summed E-state index contributed by atoms with van der Waals surface area (Å²) in [5, 5.41) is 2.92. The largest absolute Gasteiger partial charge is 0.376 e. The molecular formula is C18H25NO4. The molecule has 23 heavy (non-hydrogen) atoms. The predicted octanol–water partition coefficient (Wildman–Crippen LogP) is 2.89. The van der Waals surface area contributed by atoms with Gasteiger partial charge >= 0.3 is 0 Å². The highest BCUT2D eigenvalue weighted by Gasteiger charge is 2.23. The summed E-state index contributed by atoms with van der Waals surface area (Å²) >= 11 is 0. The lowest BCUT2D eigenvalue weighted by molar-refractivity contribution is -0.124. The molecule has 2 aliphatic rings. The molecule has 5 nitrogen and oxygen atoms in total. The quantitative estimate of drug-likeness (QED) is 0.876. The van der Waals surface area contributed by atoms with Gasteiger partial charge in [-0.2, -0.15) is 0 Å². The van der Waals surface area contributed by atoms with Crippen LogP contribution in [0.2, 0.25) is 0 Å². The van der Waals surface area contributed by atoms with E-state index >= 15 is 0 Å². The molecule has 0 radical (unpaired) electrons. The number of rotatable bonds is 6. The summed E-state index contributed by atoms with van der Waals surface area (Å²) in [6, 6.07) is 7.78. The molecule has 2 heterocycles. The molecule has 1 amide bonds. The van der Waals surface area contributed by atoms with Crippen LogP contribution in [0.15, 0.2) is 24.3 Å². The molecule has 2 atom stereocenters. The molecule has 126 valence electrons. The van der Waals surface area contributed by atoms with Crippen molar-refractivity contribution < 1.29 is 19.0 Å². The Morgan fingerprint density at radius 1 is 1.17 bits per heavy atom. The number of carbonyl (C=O) groups excluding carboxylic acids is 1. The fourth-order valence-corrected chi connectivity index (χ4v) is 2.99. The predicted molar refractivity (Wildman–Crippen MR) is 87.3 cm³/mol. The number of carbonyl (C=O) groups is 1. The highest BCUT2D eigenvalue weighted by molar-refractivity contribution is 5.94. The highest BCUT2D eigenvalue weighted by atomic mass is 16.5. The second kappa shape index (κ2) is 8.43. The van der Waals surface area contributed by atoms with Crippen molar-refractivity contribution in [3.63, 3.8) is 0 Å². The average Bonchev–Trinajstić information content (AvgIpc) is 3.11. The zero-order chi connectivity index (χ0) is 15.9. The molecule has 5 heteroatoms. The van der Waals surface area contributed by atoms with E-state index in [9.17, 15) is 4.79 Å². The van der Waals surface area contributed by atoms with Gasteiger partial charge in [-0.25, -0.2) is 0 Å². The van der Waals surface area contributed by atoms with Crippen LogP contribution in [0.1, 0.15) is 37.7 Å². The van der Waals surface area contributed by atoms with Crippen molar-refractivity contribution in [1.82, 2.24) is 0 Å². The van der Waals surface area contributed by atoms with Crippen molar-refractivity contribution in [3.05, 3.63) is 29.8 Å². The molecule has 0 spiro atoms. The molecule has 3 rings (SSSR count). The second-order valence-electron chi connectivity index (χ2n) is 6.19. The summed E-state index contributed by atoms with van der Waals surface area (Å²) in [5.41, 5.74) is 1.84. The molecule has 0 bridgehead atoms. The van der Waals surface area contributed by atoms with Crippen LogP contribution in [0, 0.1) is 0 Å². The topological polar surface area (TPSA) is 56.8 Å². The summed E-state index contributed by atoms with van der Waals surface area (Å²) in [4.78, 5) is 12.1.